The van der Waals surface area contributed by atoms with Gasteiger partial charge in [0.05, 0.1) is 16.0 Å². The molecule has 1 aromatic heterocycles. The first-order valence-electron chi connectivity index (χ1n) is 10.1. The first-order chi connectivity index (χ1) is 15.4. The van der Waals surface area contributed by atoms with Gasteiger partial charge < -0.3 is 15.2 Å². The first-order valence-corrected chi connectivity index (χ1v) is 12.4. The number of H-pyrrole nitrogens is 1. The molecule has 1 aliphatic heterocycles. The van der Waals surface area contributed by atoms with Crippen molar-refractivity contribution in [2.75, 3.05) is 6.54 Å². The van der Waals surface area contributed by atoms with Gasteiger partial charge in [-0.05, 0) is 31.5 Å². The number of hydrogen-bond donors (Lipinski definition) is 3. The molecule has 0 spiro atoms. The summed E-state index contributed by atoms with van der Waals surface area (Å²) in [6.45, 7) is 2.79. The summed E-state index contributed by atoms with van der Waals surface area (Å²) in [6, 6.07) is 3.85. The molecular formula is C20H23Cl2N3O7S. The number of benzene rings is 1. The van der Waals surface area contributed by atoms with Crippen molar-refractivity contribution in [1.82, 2.24) is 14.9 Å². The monoisotopic (exact) mass is 519 g/mol. The topological polar surface area (TPSA) is 148 Å². The first kappa shape index (κ1) is 25.4. The highest BCUT2D eigenvalue weighted by atomic mass is 35.5. The van der Waals surface area contributed by atoms with Gasteiger partial charge in [-0.15, -0.1) is 0 Å². The summed E-state index contributed by atoms with van der Waals surface area (Å²) in [4.78, 5) is 38.4. The molecule has 4 atom stereocenters. The number of sulfone groups is 1. The molecule has 180 valence electrons. The lowest BCUT2D eigenvalue weighted by molar-refractivity contribution is -0.121. The number of rotatable bonds is 7. The van der Waals surface area contributed by atoms with Crippen LogP contribution in [-0.4, -0.2) is 53.0 Å². The molecule has 1 aromatic carbocycles. The summed E-state index contributed by atoms with van der Waals surface area (Å²) in [6.07, 6.45) is -0.957. The van der Waals surface area contributed by atoms with Gasteiger partial charge in [0.25, 0.3) is 5.56 Å². The quantitative estimate of drug-likeness (QED) is 0.494. The Hall–Kier alpha value is -2.18. The fourth-order valence-electron chi connectivity index (χ4n) is 3.44. The molecule has 0 saturated carbocycles. The van der Waals surface area contributed by atoms with Gasteiger partial charge in [-0.2, -0.15) is 0 Å². The Balaban J connectivity index is 1.68. The molecule has 0 bridgehead atoms. The number of aryl methyl sites for hydroxylation is 1. The van der Waals surface area contributed by atoms with Crippen LogP contribution >= 0.6 is 23.2 Å². The van der Waals surface area contributed by atoms with Crippen LogP contribution in [-0.2, 0) is 25.8 Å². The Kier molecular flexibility index (Phi) is 7.69. The fraction of sp³-hybridized carbons (Fsp3) is 0.450. The van der Waals surface area contributed by atoms with E-state index in [0.29, 0.717) is 12.0 Å². The van der Waals surface area contributed by atoms with E-state index in [1.807, 2.05) is 0 Å². The van der Waals surface area contributed by atoms with Gasteiger partial charge in [0.1, 0.15) is 17.6 Å². The molecule has 2 heterocycles. The minimum Gasteiger partial charge on any atom is -0.390 e. The van der Waals surface area contributed by atoms with Crippen LogP contribution in [0.3, 0.4) is 0 Å². The second-order valence-electron chi connectivity index (χ2n) is 7.61. The van der Waals surface area contributed by atoms with Gasteiger partial charge in [-0.25, -0.2) is 13.2 Å². The number of nitrogens with one attached hydrogen (secondary N) is 2. The fourth-order valence-corrected chi connectivity index (χ4v) is 5.51. The van der Waals surface area contributed by atoms with Crippen LogP contribution in [0.4, 0.5) is 0 Å². The summed E-state index contributed by atoms with van der Waals surface area (Å²) >= 11 is 11.8. The third-order valence-corrected chi connectivity index (χ3v) is 8.22. The lowest BCUT2D eigenvalue weighted by Gasteiger charge is -2.19. The zero-order chi connectivity index (χ0) is 24.5. The van der Waals surface area contributed by atoms with Gasteiger partial charge in [0.15, 0.2) is 9.84 Å². The molecule has 10 nitrogen and oxygen atoms in total. The zero-order valence-corrected chi connectivity index (χ0v) is 20.1. The number of aliphatic hydroxyl groups is 1. The highest BCUT2D eigenvalue weighted by molar-refractivity contribution is 7.92. The number of carbonyl (C=O) groups is 1. The summed E-state index contributed by atoms with van der Waals surface area (Å²) in [7, 11) is -4.10. The third-order valence-electron chi connectivity index (χ3n) is 5.45. The minimum atomic E-state index is -4.10. The highest BCUT2D eigenvalue weighted by Gasteiger charge is 2.37. The number of aromatic amines is 1. The van der Waals surface area contributed by atoms with Crippen LogP contribution in [0.1, 0.15) is 32.1 Å². The van der Waals surface area contributed by atoms with E-state index in [-0.39, 0.29) is 27.9 Å². The SMILES string of the molecule is CCc1cn([C@@H]2CC(O)[C@H](CNC(=O)[C@H](C)S(=O)(=O)c3ccc(Cl)cc3Cl)O2)c(=O)[nH]c1=O. The number of amides is 1. The molecule has 1 aliphatic rings. The molecule has 3 N–H and O–H groups in total. The van der Waals surface area contributed by atoms with Gasteiger partial charge in [0, 0.05) is 29.7 Å². The second-order valence-corrected chi connectivity index (χ2v) is 10.7. The Labute approximate surface area is 199 Å². The van der Waals surface area contributed by atoms with Crippen molar-refractivity contribution in [3.8, 4) is 0 Å². The maximum absolute atomic E-state index is 12.8. The van der Waals surface area contributed by atoms with E-state index in [1.165, 1.54) is 35.9 Å². The second kappa shape index (κ2) is 9.98. The lowest BCUT2D eigenvalue weighted by atomic mass is 10.1. The number of aliphatic hydroxyl groups excluding tert-OH is 1. The smallest absolute Gasteiger partial charge is 0.330 e. The van der Waals surface area contributed by atoms with Crippen molar-refractivity contribution in [2.45, 2.75) is 55.3 Å². The number of ether oxygens (including phenoxy) is 1. The standard InChI is InChI=1S/C20H23Cl2N3O7S/c1-3-11-9-25(20(29)24-19(11)28)17-7-14(26)15(32-17)8-23-18(27)10(2)33(30,31)16-5-4-12(21)6-13(16)22/h4-6,9-10,14-15,17,26H,3,7-8H2,1-2H3,(H,23,27)(H,24,28,29)/t10-,14?,15-,17-/m0/s1. The van der Waals surface area contributed by atoms with E-state index in [1.54, 1.807) is 6.92 Å². The molecule has 3 rings (SSSR count). The van der Waals surface area contributed by atoms with Crippen LogP contribution in [0.5, 0.6) is 0 Å². The van der Waals surface area contributed by atoms with Gasteiger partial charge in [-0.1, -0.05) is 30.1 Å². The van der Waals surface area contributed by atoms with Crippen LogP contribution in [0.2, 0.25) is 10.0 Å². The normalized spacial score (nSPS) is 21.7. The number of halogens is 2. The van der Waals surface area contributed by atoms with E-state index in [2.05, 4.69) is 10.3 Å². The molecule has 0 radical (unpaired) electrons. The maximum Gasteiger partial charge on any atom is 0.330 e. The Morgan fingerprint density at radius 2 is 2.06 bits per heavy atom. The number of aromatic nitrogens is 2. The van der Waals surface area contributed by atoms with Crippen molar-refractivity contribution in [3.63, 3.8) is 0 Å². The summed E-state index contributed by atoms with van der Waals surface area (Å²) < 4.78 is 32.5. The van der Waals surface area contributed by atoms with Crippen LogP contribution in [0, 0.1) is 0 Å². The average Bonchev–Trinajstić information content (AvgIpc) is 3.11. The summed E-state index contributed by atoms with van der Waals surface area (Å²) in [5.41, 5.74) is -0.792. The maximum atomic E-state index is 12.8. The molecule has 0 aliphatic carbocycles. The van der Waals surface area contributed by atoms with Gasteiger partial charge in [0.2, 0.25) is 5.91 Å². The molecule has 1 fully saturated rings. The molecule has 2 aromatic rings. The minimum absolute atomic E-state index is 0.0455. The van der Waals surface area contributed by atoms with Crippen molar-refractivity contribution in [1.29, 1.82) is 0 Å². The number of hydrogen-bond acceptors (Lipinski definition) is 7. The van der Waals surface area contributed by atoms with E-state index in [0.717, 1.165) is 0 Å². The largest absolute Gasteiger partial charge is 0.390 e. The lowest BCUT2D eigenvalue weighted by Crippen LogP contribution is -2.43. The summed E-state index contributed by atoms with van der Waals surface area (Å²) in [5, 5.41) is 11.5. The molecule has 1 unspecified atom stereocenters. The molecular weight excluding hydrogens is 497 g/mol. The van der Waals surface area contributed by atoms with Crippen LogP contribution in [0.25, 0.3) is 0 Å². The molecule has 13 heteroatoms. The predicted octanol–water partition coefficient (Wildman–Crippen LogP) is 1.03. The van der Waals surface area contributed by atoms with E-state index < -0.39 is 50.7 Å². The number of carbonyl (C=O) groups excluding carboxylic acids is 1. The Morgan fingerprint density at radius 1 is 1.36 bits per heavy atom. The molecule has 33 heavy (non-hydrogen) atoms. The molecule has 1 amide bonds. The number of nitrogens with zero attached hydrogens (tertiary/aromatic N) is 1. The predicted molar refractivity (Wildman–Crippen MR) is 121 cm³/mol. The third kappa shape index (κ3) is 5.33. The average molecular weight is 520 g/mol. The van der Waals surface area contributed by atoms with Crippen LogP contribution in [0.15, 0.2) is 38.9 Å². The highest BCUT2D eigenvalue weighted by Crippen LogP contribution is 2.29. The Bertz CT molecular complexity index is 1280. The van der Waals surface area contributed by atoms with Crippen LogP contribution < -0.4 is 16.6 Å². The Morgan fingerprint density at radius 3 is 2.70 bits per heavy atom. The molecule has 1 saturated heterocycles. The van der Waals surface area contributed by atoms with Crippen molar-refractivity contribution < 1.29 is 23.1 Å². The van der Waals surface area contributed by atoms with E-state index in [4.69, 9.17) is 27.9 Å². The van der Waals surface area contributed by atoms with Gasteiger partial charge in [-0.3, -0.25) is 19.1 Å². The summed E-state index contributed by atoms with van der Waals surface area (Å²) in [5.74, 6) is -0.810. The van der Waals surface area contributed by atoms with Crippen molar-refractivity contribution in [2.24, 2.45) is 0 Å². The van der Waals surface area contributed by atoms with Gasteiger partial charge >= 0.3 is 5.69 Å². The zero-order valence-electron chi connectivity index (χ0n) is 17.7. The van der Waals surface area contributed by atoms with E-state index >= 15 is 0 Å². The van der Waals surface area contributed by atoms with Crippen molar-refractivity contribution in [3.05, 3.63) is 60.8 Å². The van der Waals surface area contributed by atoms with Crippen molar-refractivity contribution >= 4 is 38.9 Å². The van der Waals surface area contributed by atoms with E-state index in [9.17, 15) is 27.9 Å².